The molecule has 0 radical (unpaired) electrons. The lowest BCUT2D eigenvalue weighted by molar-refractivity contribution is 0.227. The van der Waals surface area contributed by atoms with Crippen molar-refractivity contribution in [3.05, 3.63) is 0 Å². The number of hydrogen-bond acceptors (Lipinski definition) is 3. The predicted molar refractivity (Wildman–Crippen MR) is 45.1 cm³/mol. The van der Waals surface area contributed by atoms with Gasteiger partial charge in [-0.2, -0.15) is 4.20 Å². The number of rotatable bonds is 2. The molecule has 0 aliphatic carbocycles. The van der Waals surface area contributed by atoms with Gasteiger partial charge in [-0.3, -0.25) is 4.57 Å². The number of phosphoric acid groups is 1. The van der Waals surface area contributed by atoms with Gasteiger partial charge in [0, 0.05) is 6.66 Å². The maximum absolute atomic E-state index is 12.0. The van der Waals surface area contributed by atoms with Crippen molar-refractivity contribution in [2.24, 2.45) is 0 Å². The topological polar surface area (TPSA) is 104 Å². The zero-order valence-corrected chi connectivity index (χ0v) is 9.20. The molecule has 3 N–H and O–H groups in total. The normalized spacial score (nSPS) is 16.0. The van der Waals surface area contributed by atoms with Gasteiger partial charge in [0.15, 0.2) is 0 Å². The summed E-state index contributed by atoms with van der Waals surface area (Å²) in [6.45, 7) is 4.22. The molecule has 82 valence electrons. The van der Waals surface area contributed by atoms with Crippen molar-refractivity contribution in [2.75, 3.05) is 6.66 Å². The van der Waals surface area contributed by atoms with Gasteiger partial charge in [0.1, 0.15) is 0 Å². The standard InChI is InChI=1S/C4H10FO2P.H3O4P/c1-4(2)7-8(3,5)6;1-5(2,3)4/h4H,1-3H3;(H3,1,2,3,4). The Hall–Kier alpha value is 0.230. The largest absolute Gasteiger partial charge is 0.466 e. The number of hydrogen-bond donors (Lipinski definition) is 3. The van der Waals surface area contributed by atoms with E-state index in [4.69, 9.17) is 19.2 Å². The van der Waals surface area contributed by atoms with Crippen LogP contribution in [0.25, 0.3) is 0 Å². The summed E-state index contributed by atoms with van der Waals surface area (Å²) in [5.41, 5.74) is 0. The molecule has 0 rings (SSSR count). The van der Waals surface area contributed by atoms with Crippen LogP contribution in [0.4, 0.5) is 4.20 Å². The Morgan fingerprint density at radius 1 is 1.23 bits per heavy atom. The van der Waals surface area contributed by atoms with Gasteiger partial charge in [-0.1, -0.05) is 0 Å². The van der Waals surface area contributed by atoms with Crippen LogP contribution < -0.4 is 0 Å². The third-order valence-corrected chi connectivity index (χ3v) is 1.20. The van der Waals surface area contributed by atoms with Crippen molar-refractivity contribution in [2.45, 2.75) is 20.0 Å². The molecule has 9 heteroatoms. The fraction of sp³-hybridized carbons (Fsp3) is 1.00. The van der Waals surface area contributed by atoms with E-state index < -0.39 is 15.5 Å². The highest BCUT2D eigenvalue weighted by molar-refractivity contribution is 7.52. The van der Waals surface area contributed by atoms with Gasteiger partial charge in [-0.25, -0.2) is 4.57 Å². The van der Waals surface area contributed by atoms with E-state index in [0.717, 1.165) is 6.66 Å². The summed E-state index contributed by atoms with van der Waals surface area (Å²) in [5, 5.41) is 0. The van der Waals surface area contributed by atoms with Crippen LogP contribution in [-0.4, -0.2) is 27.4 Å². The van der Waals surface area contributed by atoms with E-state index in [1.165, 1.54) is 0 Å². The fourth-order valence-electron chi connectivity index (χ4n) is 0.377. The lowest BCUT2D eigenvalue weighted by Crippen LogP contribution is -1.96. The molecule has 0 saturated heterocycles. The summed E-state index contributed by atoms with van der Waals surface area (Å²) in [6, 6.07) is 0. The van der Waals surface area contributed by atoms with Crippen molar-refractivity contribution in [3.8, 4) is 0 Å². The summed E-state index contributed by atoms with van der Waals surface area (Å²) >= 11 is 0. The first kappa shape index (κ1) is 15.7. The second-order valence-electron chi connectivity index (χ2n) is 2.41. The Kier molecular flexibility index (Phi) is 7.07. The van der Waals surface area contributed by atoms with Gasteiger partial charge in [0.2, 0.25) is 0 Å². The molecule has 6 nitrogen and oxygen atoms in total. The van der Waals surface area contributed by atoms with Gasteiger partial charge in [-0.15, -0.1) is 0 Å². The Morgan fingerprint density at radius 3 is 1.46 bits per heavy atom. The average Bonchev–Trinajstić information content (AvgIpc) is 1.47. The molecule has 0 aromatic carbocycles. The van der Waals surface area contributed by atoms with Crippen LogP contribution in [0.15, 0.2) is 0 Å². The summed E-state index contributed by atoms with van der Waals surface area (Å²) in [7, 11) is -8.36. The van der Waals surface area contributed by atoms with Crippen molar-refractivity contribution >= 4 is 15.5 Å². The smallest absolute Gasteiger partial charge is 0.303 e. The molecule has 13 heavy (non-hydrogen) atoms. The Bertz CT molecular complexity index is 208. The van der Waals surface area contributed by atoms with E-state index in [1.54, 1.807) is 13.8 Å². The third-order valence-electron chi connectivity index (χ3n) is 0.399. The molecule has 0 aliphatic rings. The molecule has 0 saturated carbocycles. The van der Waals surface area contributed by atoms with Crippen LogP contribution >= 0.6 is 15.5 Å². The maximum atomic E-state index is 12.0. The minimum atomic E-state index is -4.64. The van der Waals surface area contributed by atoms with Crippen LogP contribution in [0, 0.1) is 0 Å². The highest BCUT2D eigenvalue weighted by Gasteiger charge is 2.13. The summed E-state index contributed by atoms with van der Waals surface area (Å²) in [5.74, 6) is 0. The summed E-state index contributed by atoms with van der Waals surface area (Å²) in [4.78, 5) is 21.6. The average molecular weight is 238 g/mol. The quantitative estimate of drug-likeness (QED) is 0.626. The molecule has 0 aromatic rings. The Labute approximate surface area is 75.5 Å². The fourth-order valence-corrected chi connectivity index (χ4v) is 1.13. The molecule has 1 atom stereocenters. The molecule has 1 unspecified atom stereocenters. The van der Waals surface area contributed by atoms with Gasteiger partial charge in [0.25, 0.3) is 0 Å². The predicted octanol–water partition coefficient (Wildman–Crippen LogP) is 1.28. The van der Waals surface area contributed by atoms with Gasteiger partial charge < -0.3 is 19.2 Å². The van der Waals surface area contributed by atoms with Crippen molar-refractivity contribution < 1.29 is 32.5 Å². The Balaban J connectivity index is 0. The van der Waals surface area contributed by atoms with Gasteiger partial charge in [-0.05, 0) is 13.8 Å². The van der Waals surface area contributed by atoms with E-state index in [1.807, 2.05) is 0 Å². The lowest BCUT2D eigenvalue weighted by atomic mass is 10.5. The number of halogens is 1. The molecule has 0 aliphatic heterocycles. The third kappa shape index (κ3) is 46.8. The first-order valence-corrected chi connectivity index (χ1v) is 6.68. The van der Waals surface area contributed by atoms with E-state index in [9.17, 15) is 8.76 Å². The van der Waals surface area contributed by atoms with Gasteiger partial charge in [0.05, 0.1) is 6.10 Å². The zero-order valence-electron chi connectivity index (χ0n) is 7.42. The van der Waals surface area contributed by atoms with Crippen LogP contribution in [0.1, 0.15) is 13.8 Å². The van der Waals surface area contributed by atoms with Gasteiger partial charge >= 0.3 is 15.5 Å². The second-order valence-corrected chi connectivity index (χ2v) is 5.14. The molecule has 0 heterocycles. The molecular weight excluding hydrogens is 225 g/mol. The maximum Gasteiger partial charge on any atom is 0.466 e. The van der Waals surface area contributed by atoms with Crippen molar-refractivity contribution in [1.29, 1.82) is 0 Å². The Morgan fingerprint density at radius 2 is 1.46 bits per heavy atom. The molecule has 0 amide bonds. The molecule has 0 spiro atoms. The zero-order chi connectivity index (χ0) is 11.3. The van der Waals surface area contributed by atoms with Crippen LogP contribution in [-0.2, 0) is 13.7 Å². The minimum absolute atomic E-state index is 0.296. The van der Waals surface area contributed by atoms with Crippen LogP contribution in [0.3, 0.4) is 0 Å². The van der Waals surface area contributed by atoms with Crippen molar-refractivity contribution in [3.63, 3.8) is 0 Å². The summed E-state index contributed by atoms with van der Waals surface area (Å²) in [6.07, 6.45) is -0.296. The molecular formula is C4H13FO6P2. The first-order valence-electron chi connectivity index (χ1n) is 3.15. The van der Waals surface area contributed by atoms with E-state index >= 15 is 0 Å². The molecule has 0 fully saturated rings. The second kappa shape index (κ2) is 5.86. The highest BCUT2D eigenvalue weighted by atomic mass is 31.2. The molecule has 0 aromatic heterocycles. The monoisotopic (exact) mass is 238 g/mol. The summed E-state index contributed by atoms with van der Waals surface area (Å²) < 4.78 is 35.3. The van der Waals surface area contributed by atoms with E-state index in [2.05, 4.69) is 4.52 Å². The van der Waals surface area contributed by atoms with Crippen LogP contribution in [0.2, 0.25) is 0 Å². The highest BCUT2D eigenvalue weighted by Crippen LogP contribution is 2.44. The SMILES string of the molecule is CC(C)OP(C)(=O)F.O=P(O)(O)O. The molecule has 0 bridgehead atoms. The van der Waals surface area contributed by atoms with E-state index in [-0.39, 0.29) is 6.10 Å². The van der Waals surface area contributed by atoms with E-state index in [0.29, 0.717) is 0 Å². The lowest BCUT2D eigenvalue weighted by Gasteiger charge is -2.06. The first-order chi connectivity index (χ1) is 5.42. The van der Waals surface area contributed by atoms with Crippen LogP contribution in [0.5, 0.6) is 0 Å². The van der Waals surface area contributed by atoms with Crippen molar-refractivity contribution in [1.82, 2.24) is 0 Å². The minimum Gasteiger partial charge on any atom is -0.303 e.